The number of aromatic nitrogens is 2. The molecule has 78 valence electrons. The standard InChI is InChI=1S/C8H13ClN4O/c1-2-10-3-4-11-7-6(9)8(14)13-5-12-7/h5,10H,2-4H2,1H3,(H2,11,12,13,14). The molecule has 0 aliphatic rings. The van der Waals surface area contributed by atoms with Crippen molar-refractivity contribution in [2.24, 2.45) is 0 Å². The molecule has 0 spiro atoms. The first kappa shape index (κ1) is 11.0. The molecule has 0 aromatic carbocycles. The summed E-state index contributed by atoms with van der Waals surface area (Å²) in [5.74, 6) is 0.424. The van der Waals surface area contributed by atoms with Crippen LogP contribution < -0.4 is 16.2 Å². The van der Waals surface area contributed by atoms with Crippen LogP contribution in [-0.2, 0) is 0 Å². The molecular formula is C8H13ClN4O. The van der Waals surface area contributed by atoms with E-state index >= 15 is 0 Å². The van der Waals surface area contributed by atoms with Crippen LogP contribution in [0.1, 0.15) is 6.92 Å². The predicted octanol–water partition coefficient (Wildman–Crippen LogP) is 0.445. The topological polar surface area (TPSA) is 69.8 Å². The van der Waals surface area contributed by atoms with Gasteiger partial charge in [-0.2, -0.15) is 0 Å². The Hall–Kier alpha value is -1.07. The number of hydrogen-bond acceptors (Lipinski definition) is 4. The molecule has 0 amide bonds. The Labute approximate surface area is 86.9 Å². The summed E-state index contributed by atoms with van der Waals surface area (Å²) in [5, 5.41) is 6.20. The van der Waals surface area contributed by atoms with Crippen molar-refractivity contribution in [3.63, 3.8) is 0 Å². The lowest BCUT2D eigenvalue weighted by atomic mass is 10.5. The molecule has 5 nitrogen and oxygen atoms in total. The number of likely N-dealkylation sites (N-methyl/N-ethyl adjacent to an activating group) is 1. The molecule has 1 rings (SSSR count). The van der Waals surface area contributed by atoms with E-state index in [4.69, 9.17) is 11.6 Å². The lowest BCUT2D eigenvalue weighted by Gasteiger charge is -2.05. The van der Waals surface area contributed by atoms with E-state index in [1.165, 1.54) is 6.33 Å². The van der Waals surface area contributed by atoms with Crippen molar-refractivity contribution in [3.05, 3.63) is 21.7 Å². The molecule has 0 unspecified atom stereocenters. The van der Waals surface area contributed by atoms with Crippen molar-refractivity contribution >= 4 is 17.4 Å². The summed E-state index contributed by atoms with van der Waals surface area (Å²) < 4.78 is 0. The quantitative estimate of drug-likeness (QED) is 0.625. The molecule has 0 saturated carbocycles. The lowest BCUT2D eigenvalue weighted by molar-refractivity contribution is 0.737. The van der Waals surface area contributed by atoms with Gasteiger partial charge in [-0.3, -0.25) is 4.79 Å². The second-order valence-corrected chi connectivity index (χ2v) is 3.05. The molecule has 0 bridgehead atoms. The van der Waals surface area contributed by atoms with Gasteiger partial charge in [0.2, 0.25) is 0 Å². The Balaban J connectivity index is 2.51. The van der Waals surface area contributed by atoms with Crippen LogP contribution in [-0.4, -0.2) is 29.6 Å². The van der Waals surface area contributed by atoms with Gasteiger partial charge >= 0.3 is 0 Å². The number of H-pyrrole nitrogens is 1. The zero-order valence-corrected chi connectivity index (χ0v) is 8.69. The minimum atomic E-state index is -0.326. The summed E-state index contributed by atoms with van der Waals surface area (Å²) in [6.45, 7) is 4.43. The Morgan fingerprint density at radius 3 is 3.07 bits per heavy atom. The largest absolute Gasteiger partial charge is 0.367 e. The third-order valence-electron chi connectivity index (χ3n) is 1.64. The third kappa shape index (κ3) is 3.01. The van der Waals surface area contributed by atoms with Crippen molar-refractivity contribution in [2.75, 3.05) is 25.0 Å². The van der Waals surface area contributed by atoms with Gasteiger partial charge in [0.15, 0.2) is 5.82 Å². The fourth-order valence-electron chi connectivity index (χ4n) is 0.952. The molecule has 1 heterocycles. The second-order valence-electron chi connectivity index (χ2n) is 2.67. The maximum absolute atomic E-state index is 11.0. The van der Waals surface area contributed by atoms with Gasteiger partial charge in [0.1, 0.15) is 5.02 Å². The van der Waals surface area contributed by atoms with Crippen molar-refractivity contribution in [3.8, 4) is 0 Å². The van der Waals surface area contributed by atoms with E-state index in [-0.39, 0.29) is 10.6 Å². The summed E-state index contributed by atoms with van der Waals surface area (Å²) >= 11 is 5.72. The van der Waals surface area contributed by atoms with E-state index in [2.05, 4.69) is 20.6 Å². The van der Waals surface area contributed by atoms with Crippen molar-refractivity contribution < 1.29 is 0 Å². The van der Waals surface area contributed by atoms with Gasteiger partial charge in [-0.25, -0.2) is 4.98 Å². The van der Waals surface area contributed by atoms with E-state index in [0.717, 1.165) is 13.1 Å². The molecule has 0 atom stereocenters. The fourth-order valence-corrected chi connectivity index (χ4v) is 1.12. The SMILES string of the molecule is CCNCCNc1nc[nH]c(=O)c1Cl. The van der Waals surface area contributed by atoms with E-state index in [9.17, 15) is 4.79 Å². The molecule has 1 aromatic rings. The number of nitrogens with one attached hydrogen (secondary N) is 3. The van der Waals surface area contributed by atoms with Gasteiger partial charge in [0.05, 0.1) is 6.33 Å². The lowest BCUT2D eigenvalue weighted by Crippen LogP contribution is -2.23. The Bertz CT molecular complexity index is 338. The van der Waals surface area contributed by atoms with Crippen LogP contribution in [0.4, 0.5) is 5.82 Å². The highest BCUT2D eigenvalue weighted by Gasteiger charge is 2.03. The maximum atomic E-state index is 11.0. The summed E-state index contributed by atoms with van der Waals surface area (Å²) in [6.07, 6.45) is 1.32. The molecule has 6 heteroatoms. The Morgan fingerprint density at radius 2 is 2.36 bits per heavy atom. The normalized spacial score (nSPS) is 10.1. The molecule has 0 fully saturated rings. The molecule has 1 aromatic heterocycles. The van der Waals surface area contributed by atoms with E-state index < -0.39 is 0 Å². The Kier molecular flexibility index (Phi) is 4.42. The number of anilines is 1. The average molecular weight is 217 g/mol. The minimum Gasteiger partial charge on any atom is -0.367 e. The molecule has 0 radical (unpaired) electrons. The van der Waals surface area contributed by atoms with Gasteiger partial charge in [0, 0.05) is 13.1 Å². The van der Waals surface area contributed by atoms with Crippen LogP contribution in [0.15, 0.2) is 11.1 Å². The van der Waals surface area contributed by atoms with E-state index in [0.29, 0.717) is 12.4 Å². The first-order valence-electron chi connectivity index (χ1n) is 4.43. The molecular weight excluding hydrogens is 204 g/mol. The van der Waals surface area contributed by atoms with Crippen LogP contribution in [0.25, 0.3) is 0 Å². The fraction of sp³-hybridized carbons (Fsp3) is 0.500. The van der Waals surface area contributed by atoms with Crippen LogP contribution in [0.5, 0.6) is 0 Å². The zero-order valence-electron chi connectivity index (χ0n) is 7.93. The van der Waals surface area contributed by atoms with Crippen LogP contribution in [0.3, 0.4) is 0 Å². The summed E-state index contributed by atoms with van der Waals surface area (Å²) in [7, 11) is 0. The number of nitrogens with zero attached hydrogens (tertiary/aromatic N) is 1. The number of rotatable bonds is 5. The number of hydrogen-bond donors (Lipinski definition) is 3. The smallest absolute Gasteiger partial charge is 0.271 e. The number of halogens is 1. The van der Waals surface area contributed by atoms with Gasteiger partial charge < -0.3 is 15.6 Å². The maximum Gasteiger partial charge on any atom is 0.271 e. The van der Waals surface area contributed by atoms with Gasteiger partial charge in [-0.15, -0.1) is 0 Å². The molecule has 0 saturated heterocycles. The van der Waals surface area contributed by atoms with Crippen LogP contribution in [0.2, 0.25) is 5.02 Å². The monoisotopic (exact) mass is 216 g/mol. The molecule has 3 N–H and O–H groups in total. The van der Waals surface area contributed by atoms with Crippen molar-refractivity contribution in [1.82, 2.24) is 15.3 Å². The van der Waals surface area contributed by atoms with Crippen LogP contribution in [0, 0.1) is 0 Å². The predicted molar refractivity (Wildman–Crippen MR) is 56.9 cm³/mol. The van der Waals surface area contributed by atoms with Crippen LogP contribution >= 0.6 is 11.6 Å². The first-order valence-corrected chi connectivity index (χ1v) is 4.81. The average Bonchev–Trinajstić information content (AvgIpc) is 2.19. The van der Waals surface area contributed by atoms with Gasteiger partial charge in [-0.05, 0) is 6.54 Å². The highest BCUT2D eigenvalue weighted by molar-refractivity contribution is 6.32. The second kappa shape index (κ2) is 5.62. The minimum absolute atomic E-state index is 0.101. The van der Waals surface area contributed by atoms with Gasteiger partial charge in [-0.1, -0.05) is 18.5 Å². The van der Waals surface area contributed by atoms with E-state index in [1.807, 2.05) is 6.92 Å². The van der Waals surface area contributed by atoms with E-state index in [1.54, 1.807) is 0 Å². The van der Waals surface area contributed by atoms with Gasteiger partial charge in [0.25, 0.3) is 5.56 Å². The molecule has 0 aliphatic heterocycles. The van der Waals surface area contributed by atoms with Crippen molar-refractivity contribution in [2.45, 2.75) is 6.92 Å². The third-order valence-corrected chi connectivity index (χ3v) is 1.99. The van der Waals surface area contributed by atoms with Crippen molar-refractivity contribution in [1.29, 1.82) is 0 Å². The Morgan fingerprint density at radius 1 is 1.57 bits per heavy atom. The summed E-state index contributed by atoms with van der Waals surface area (Å²) in [5.41, 5.74) is -0.326. The number of aromatic amines is 1. The highest BCUT2D eigenvalue weighted by Crippen LogP contribution is 2.10. The highest BCUT2D eigenvalue weighted by atomic mass is 35.5. The summed E-state index contributed by atoms with van der Waals surface area (Å²) in [4.78, 5) is 17.3. The first-order chi connectivity index (χ1) is 6.75. The molecule has 14 heavy (non-hydrogen) atoms. The zero-order chi connectivity index (χ0) is 10.4. The molecule has 0 aliphatic carbocycles. The summed E-state index contributed by atoms with van der Waals surface area (Å²) in [6, 6.07) is 0.